The smallest absolute Gasteiger partial charge is 0.252 e. The number of hydrogen-bond donors (Lipinski definition) is 1. The number of nitrogens with zero attached hydrogens (tertiary/aromatic N) is 5. The van der Waals surface area contributed by atoms with E-state index in [1.165, 1.54) is 23.5 Å². The van der Waals surface area contributed by atoms with Gasteiger partial charge in [0, 0.05) is 13.0 Å². The van der Waals surface area contributed by atoms with Crippen molar-refractivity contribution in [2.24, 2.45) is 0 Å². The lowest BCUT2D eigenvalue weighted by molar-refractivity contribution is 0.222. The Morgan fingerprint density at radius 3 is 3.08 bits per heavy atom. The van der Waals surface area contributed by atoms with E-state index in [1.807, 2.05) is 0 Å². The summed E-state index contributed by atoms with van der Waals surface area (Å²) < 4.78 is 24.6. The minimum Gasteiger partial charge on any atom is -0.487 e. The number of aromatic nitrogens is 4. The second kappa shape index (κ2) is 7.25. The molecule has 1 fully saturated rings. The fourth-order valence-corrected chi connectivity index (χ4v) is 3.84. The third-order valence-corrected chi connectivity index (χ3v) is 5.41. The van der Waals surface area contributed by atoms with Gasteiger partial charge in [-0.3, -0.25) is 0 Å². The highest BCUT2D eigenvalue weighted by molar-refractivity contribution is 9.10. The van der Waals surface area contributed by atoms with Gasteiger partial charge < -0.3 is 19.3 Å². The third-order valence-electron chi connectivity index (χ3n) is 3.81. The number of hydrogen-bond acceptors (Lipinski definition) is 9. The molecule has 3 heterocycles. The maximum Gasteiger partial charge on any atom is 0.252 e. The minimum absolute atomic E-state index is 0.0321. The fraction of sp³-hybridized carbons (Fsp3) is 0.333. The summed E-state index contributed by atoms with van der Waals surface area (Å²) in [5.74, 6) is 0.736. The van der Waals surface area contributed by atoms with Crippen LogP contribution in [0.4, 0.5) is 9.52 Å². The second-order valence-corrected chi connectivity index (χ2v) is 7.42. The minimum atomic E-state index is -0.317. The molecule has 0 bridgehead atoms. The van der Waals surface area contributed by atoms with Crippen LogP contribution in [0.2, 0.25) is 0 Å². The maximum atomic E-state index is 13.2. The second-order valence-electron chi connectivity index (χ2n) is 5.61. The van der Waals surface area contributed by atoms with Crippen LogP contribution in [0, 0.1) is 5.82 Å². The van der Waals surface area contributed by atoms with E-state index < -0.39 is 0 Å². The molecule has 1 saturated heterocycles. The van der Waals surface area contributed by atoms with Crippen molar-refractivity contribution in [3.05, 3.63) is 34.4 Å². The molecule has 1 aliphatic rings. The summed E-state index contributed by atoms with van der Waals surface area (Å²) >= 11 is 4.66. The van der Waals surface area contributed by atoms with E-state index in [1.54, 1.807) is 6.07 Å². The van der Waals surface area contributed by atoms with Crippen molar-refractivity contribution in [2.75, 3.05) is 18.0 Å². The Balaban J connectivity index is 1.42. The van der Waals surface area contributed by atoms with Gasteiger partial charge in [0.1, 0.15) is 24.3 Å². The molecule has 3 aromatic rings. The van der Waals surface area contributed by atoms with E-state index in [4.69, 9.17) is 14.4 Å². The number of ether oxygens (including phenoxy) is 1. The lowest BCUT2D eigenvalue weighted by atomic mass is 10.3. The fourth-order valence-electron chi connectivity index (χ4n) is 2.59. The summed E-state index contributed by atoms with van der Waals surface area (Å²) in [6, 6.07) is 4.36. The van der Waals surface area contributed by atoms with Crippen molar-refractivity contribution in [1.29, 1.82) is 0 Å². The first-order valence-electron chi connectivity index (χ1n) is 7.76. The van der Waals surface area contributed by atoms with Gasteiger partial charge in [-0.25, -0.2) is 4.39 Å². The van der Waals surface area contributed by atoms with Crippen LogP contribution in [0.5, 0.6) is 5.75 Å². The van der Waals surface area contributed by atoms with Crippen LogP contribution in [-0.2, 0) is 6.61 Å². The first-order valence-corrected chi connectivity index (χ1v) is 9.37. The molecule has 0 saturated carbocycles. The van der Waals surface area contributed by atoms with Crippen LogP contribution < -0.4 is 9.64 Å². The van der Waals surface area contributed by atoms with Gasteiger partial charge in [0.2, 0.25) is 11.0 Å². The normalized spacial score (nSPS) is 17.0. The van der Waals surface area contributed by atoms with E-state index >= 15 is 0 Å². The molecule has 136 valence electrons. The van der Waals surface area contributed by atoms with Gasteiger partial charge in [-0.1, -0.05) is 16.5 Å². The molecule has 1 N–H and O–H groups in total. The number of aliphatic hydroxyl groups excluding tert-OH is 1. The zero-order valence-electron chi connectivity index (χ0n) is 13.3. The molecule has 0 radical (unpaired) electrons. The van der Waals surface area contributed by atoms with Crippen LogP contribution in [0.1, 0.15) is 12.3 Å². The molecular weight excluding hydrogens is 429 g/mol. The van der Waals surface area contributed by atoms with Crippen LogP contribution in [0.15, 0.2) is 27.2 Å². The molecule has 0 amide bonds. The maximum absolute atomic E-state index is 13.2. The number of anilines is 1. The number of benzene rings is 1. The average molecular weight is 442 g/mol. The Kier molecular flexibility index (Phi) is 4.83. The van der Waals surface area contributed by atoms with Gasteiger partial charge in [-0.2, -0.15) is 4.98 Å². The van der Waals surface area contributed by atoms with Crippen LogP contribution in [-0.4, -0.2) is 44.6 Å². The number of rotatable bonds is 5. The highest BCUT2D eigenvalue weighted by Gasteiger charge is 2.28. The SMILES string of the molecule is OCc1nc(-c2nnc(N3CC[C@H](Oc4ccc(F)cc4Br)C3)s2)no1. The third kappa shape index (κ3) is 3.55. The lowest BCUT2D eigenvalue weighted by Crippen LogP contribution is -2.24. The summed E-state index contributed by atoms with van der Waals surface area (Å²) in [7, 11) is 0. The molecule has 0 spiro atoms. The van der Waals surface area contributed by atoms with Gasteiger partial charge in [0.05, 0.1) is 11.0 Å². The molecule has 1 atom stereocenters. The summed E-state index contributed by atoms with van der Waals surface area (Å²) in [5.41, 5.74) is 0. The monoisotopic (exact) mass is 441 g/mol. The van der Waals surface area contributed by atoms with E-state index in [0.717, 1.165) is 18.1 Å². The van der Waals surface area contributed by atoms with Crippen LogP contribution in [0.25, 0.3) is 10.8 Å². The molecule has 11 heteroatoms. The standard InChI is InChI=1S/C15H13BrFN5O3S/c16-10-5-8(17)1-2-11(10)24-9-3-4-22(6-9)15-20-19-14(26-15)13-18-12(7-23)25-21-13/h1-2,5,9,23H,3-4,6-7H2/t9-/m0/s1. The summed E-state index contributed by atoms with van der Waals surface area (Å²) in [6.45, 7) is 1.10. The van der Waals surface area contributed by atoms with Gasteiger partial charge in [-0.05, 0) is 34.1 Å². The summed E-state index contributed by atoms with van der Waals surface area (Å²) in [6.07, 6.45) is 0.783. The molecule has 1 aliphatic heterocycles. The predicted molar refractivity (Wildman–Crippen MR) is 94.5 cm³/mol. The van der Waals surface area contributed by atoms with Crippen molar-refractivity contribution in [2.45, 2.75) is 19.1 Å². The zero-order chi connectivity index (χ0) is 18.1. The molecule has 2 aromatic heterocycles. The Labute approximate surface area is 159 Å². The quantitative estimate of drug-likeness (QED) is 0.644. The molecule has 26 heavy (non-hydrogen) atoms. The predicted octanol–water partition coefficient (Wildman–Crippen LogP) is 2.64. The highest BCUT2D eigenvalue weighted by Crippen LogP contribution is 2.32. The molecule has 8 nitrogen and oxygen atoms in total. The van der Waals surface area contributed by atoms with Crippen molar-refractivity contribution in [3.63, 3.8) is 0 Å². The number of halogens is 2. The molecular formula is C15H13BrFN5O3S. The topological polar surface area (TPSA) is 97.4 Å². The van der Waals surface area contributed by atoms with Gasteiger partial charge in [-0.15, -0.1) is 10.2 Å². The largest absolute Gasteiger partial charge is 0.487 e. The lowest BCUT2D eigenvalue weighted by Gasteiger charge is -2.16. The van der Waals surface area contributed by atoms with Gasteiger partial charge in [0.25, 0.3) is 5.89 Å². The van der Waals surface area contributed by atoms with Crippen molar-refractivity contribution in [3.8, 4) is 16.6 Å². The Hall–Kier alpha value is -2.11. The van der Waals surface area contributed by atoms with E-state index in [-0.39, 0.29) is 24.4 Å². The van der Waals surface area contributed by atoms with Crippen molar-refractivity contribution < 1.29 is 18.8 Å². The Morgan fingerprint density at radius 1 is 1.42 bits per heavy atom. The van der Waals surface area contributed by atoms with Gasteiger partial charge >= 0.3 is 0 Å². The van der Waals surface area contributed by atoms with Crippen LogP contribution >= 0.6 is 27.3 Å². The van der Waals surface area contributed by atoms with E-state index in [2.05, 4.69) is 41.2 Å². The van der Waals surface area contributed by atoms with Gasteiger partial charge in [0.15, 0.2) is 5.01 Å². The first kappa shape index (κ1) is 17.3. The van der Waals surface area contributed by atoms with Crippen molar-refractivity contribution >= 4 is 32.4 Å². The Bertz CT molecular complexity index is 920. The van der Waals surface area contributed by atoms with Crippen molar-refractivity contribution in [1.82, 2.24) is 20.3 Å². The molecule has 0 aliphatic carbocycles. The van der Waals surface area contributed by atoms with E-state index in [0.29, 0.717) is 27.6 Å². The number of aliphatic hydroxyl groups is 1. The summed E-state index contributed by atoms with van der Waals surface area (Å²) in [4.78, 5) is 6.09. The zero-order valence-corrected chi connectivity index (χ0v) is 15.7. The van der Waals surface area contributed by atoms with Crippen LogP contribution in [0.3, 0.4) is 0 Å². The summed E-state index contributed by atoms with van der Waals surface area (Å²) in [5, 5.41) is 22.3. The Morgan fingerprint density at radius 2 is 2.31 bits per heavy atom. The molecule has 4 rings (SSSR count). The average Bonchev–Trinajstić information content (AvgIpc) is 3.36. The first-order chi connectivity index (χ1) is 12.6. The highest BCUT2D eigenvalue weighted by atomic mass is 79.9. The molecule has 0 unspecified atom stereocenters. The molecule has 1 aromatic carbocycles. The van der Waals surface area contributed by atoms with E-state index in [9.17, 15) is 4.39 Å².